The van der Waals surface area contributed by atoms with Gasteiger partial charge in [-0.25, -0.2) is 4.98 Å². The quantitative estimate of drug-likeness (QED) is 0.638. The minimum absolute atomic E-state index is 0.176. The average molecular weight is 403 g/mol. The van der Waals surface area contributed by atoms with E-state index in [-0.39, 0.29) is 17.4 Å². The molecule has 0 aliphatic rings. The summed E-state index contributed by atoms with van der Waals surface area (Å²) in [6.07, 6.45) is 1.55. The molecule has 0 atom stereocenters. The molecule has 6 heteroatoms. The summed E-state index contributed by atoms with van der Waals surface area (Å²) in [5.41, 5.74) is 2.24. The molecule has 0 saturated heterocycles. The molecule has 2 amide bonds. The third-order valence-corrected chi connectivity index (χ3v) is 4.12. The normalized spacial score (nSPS) is 10.9. The summed E-state index contributed by atoms with van der Waals surface area (Å²) in [6, 6.07) is 19.8. The summed E-state index contributed by atoms with van der Waals surface area (Å²) in [5, 5.41) is 5.68. The van der Waals surface area contributed by atoms with Gasteiger partial charge in [0, 0.05) is 22.7 Å². The highest BCUT2D eigenvalue weighted by atomic mass is 16.5. The summed E-state index contributed by atoms with van der Waals surface area (Å²) in [4.78, 5) is 28.8. The van der Waals surface area contributed by atoms with Gasteiger partial charge in [0.25, 0.3) is 11.8 Å². The molecule has 0 spiro atoms. The first-order valence-corrected chi connectivity index (χ1v) is 9.67. The SMILES string of the molecule is CC(C)(C)NC(=O)c1ccc(C(=O)Nc2ccc(OCc3ccccc3)nc2)cc1. The third-order valence-electron chi connectivity index (χ3n) is 4.12. The van der Waals surface area contributed by atoms with E-state index in [2.05, 4.69) is 15.6 Å². The second kappa shape index (κ2) is 9.22. The van der Waals surface area contributed by atoms with E-state index in [4.69, 9.17) is 4.74 Å². The first-order chi connectivity index (χ1) is 14.3. The maximum absolute atomic E-state index is 12.4. The Morgan fingerprint density at radius 3 is 2.07 bits per heavy atom. The standard InChI is InChI=1S/C24H25N3O3/c1-24(2,3)27-23(29)19-11-9-18(10-12-19)22(28)26-20-13-14-21(25-15-20)30-16-17-7-5-4-6-8-17/h4-15H,16H2,1-3H3,(H,26,28)(H,27,29). The van der Waals surface area contributed by atoms with Gasteiger partial charge in [-0.2, -0.15) is 0 Å². The predicted octanol–water partition coefficient (Wildman–Crippen LogP) is 4.44. The number of amides is 2. The van der Waals surface area contributed by atoms with Crippen LogP contribution in [0.25, 0.3) is 0 Å². The molecular formula is C24H25N3O3. The molecule has 0 radical (unpaired) electrons. The number of anilines is 1. The summed E-state index contributed by atoms with van der Waals surface area (Å²) in [6.45, 7) is 6.17. The predicted molar refractivity (Wildman–Crippen MR) is 117 cm³/mol. The highest BCUT2D eigenvalue weighted by Crippen LogP contribution is 2.15. The highest BCUT2D eigenvalue weighted by Gasteiger charge is 2.15. The minimum atomic E-state index is -0.322. The molecule has 0 aliphatic carbocycles. The van der Waals surface area contributed by atoms with Gasteiger partial charge in [-0.3, -0.25) is 9.59 Å². The molecule has 154 valence electrons. The van der Waals surface area contributed by atoms with E-state index in [9.17, 15) is 9.59 Å². The van der Waals surface area contributed by atoms with E-state index < -0.39 is 0 Å². The molecule has 3 rings (SSSR count). The van der Waals surface area contributed by atoms with Gasteiger partial charge in [-0.05, 0) is 56.7 Å². The second-order valence-corrected chi connectivity index (χ2v) is 7.89. The lowest BCUT2D eigenvalue weighted by molar-refractivity contribution is 0.0918. The molecule has 1 aromatic heterocycles. The largest absolute Gasteiger partial charge is 0.473 e. The topological polar surface area (TPSA) is 80.3 Å². The van der Waals surface area contributed by atoms with E-state index in [0.717, 1.165) is 5.56 Å². The van der Waals surface area contributed by atoms with Gasteiger partial charge in [0.1, 0.15) is 6.61 Å². The van der Waals surface area contributed by atoms with Crippen LogP contribution in [0.1, 0.15) is 47.1 Å². The Kier molecular flexibility index (Phi) is 6.47. The van der Waals surface area contributed by atoms with Crippen molar-refractivity contribution in [2.45, 2.75) is 32.9 Å². The first-order valence-electron chi connectivity index (χ1n) is 9.67. The Morgan fingerprint density at radius 1 is 0.867 bits per heavy atom. The van der Waals surface area contributed by atoms with Crippen LogP contribution in [0.15, 0.2) is 72.9 Å². The number of hydrogen-bond acceptors (Lipinski definition) is 4. The smallest absolute Gasteiger partial charge is 0.255 e. The Hall–Kier alpha value is -3.67. The lowest BCUT2D eigenvalue weighted by Gasteiger charge is -2.20. The maximum atomic E-state index is 12.4. The number of nitrogens with one attached hydrogen (secondary N) is 2. The van der Waals surface area contributed by atoms with Gasteiger partial charge in [-0.1, -0.05) is 30.3 Å². The highest BCUT2D eigenvalue weighted by molar-refractivity contribution is 6.05. The van der Waals surface area contributed by atoms with Crippen molar-refractivity contribution in [2.24, 2.45) is 0 Å². The van der Waals surface area contributed by atoms with E-state index in [1.165, 1.54) is 0 Å². The van der Waals surface area contributed by atoms with Crippen molar-refractivity contribution in [2.75, 3.05) is 5.32 Å². The zero-order chi connectivity index (χ0) is 21.6. The molecule has 0 unspecified atom stereocenters. The maximum Gasteiger partial charge on any atom is 0.255 e. The van der Waals surface area contributed by atoms with Gasteiger partial charge < -0.3 is 15.4 Å². The van der Waals surface area contributed by atoms with Gasteiger partial charge in [0.05, 0.1) is 11.9 Å². The van der Waals surface area contributed by atoms with Gasteiger partial charge in [0.2, 0.25) is 5.88 Å². The number of aromatic nitrogens is 1. The third kappa shape index (κ3) is 6.17. The molecule has 1 heterocycles. The zero-order valence-electron chi connectivity index (χ0n) is 17.3. The fraction of sp³-hybridized carbons (Fsp3) is 0.208. The molecular weight excluding hydrogens is 378 g/mol. The van der Waals surface area contributed by atoms with Crippen molar-refractivity contribution < 1.29 is 14.3 Å². The lowest BCUT2D eigenvalue weighted by atomic mass is 10.1. The Labute approximate surface area is 176 Å². The van der Waals surface area contributed by atoms with Crippen LogP contribution in [-0.2, 0) is 6.61 Å². The molecule has 3 aromatic rings. The number of benzene rings is 2. The van der Waals surface area contributed by atoms with Gasteiger partial charge >= 0.3 is 0 Å². The number of pyridine rings is 1. The number of hydrogen-bond donors (Lipinski definition) is 2. The van der Waals surface area contributed by atoms with Crippen molar-refractivity contribution >= 4 is 17.5 Å². The van der Waals surface area contributed by atoms with E-state index >= 15 is 0 Å². The zero-order valence-corrected chi connectivity index (χ0v) is 17.3. The molecule has 0 aliphatic heterocycles. The molecule has 2 N–H and O–H groups in total. The lowest BCUT2D eigenvalue weighted by Crippen LogP contribution is -2.40. The molecule has 0 bridgehead atoms. The Balaban J connectivity index is 1.56. The molecule has 30 heavy (non-hydrogen) atoms. The summed E-state index contributed by atoms with van der Waals surface area (Å²) >= 11 is 0. The van der Waals surface area contributed by atoms with Gasteiger partial charge in [0.15, 0.2) is 0 Å². The molecule has 2 aromatic carbocycles. The van der Waals surface area contributed by atoms with Crippen LogP contribution in [0.3, 0.4) is 0 Å². The van der Waals surface area contributed by atoms with Crippen LogP contribution in [0.2, 0.25) is 0 Å². The van der Waals surface area contributed by atoms with E-state index in [1.54, 1.807) is 42.6 Å². The molecule has 0 fully saturated rings. The van der Waals surface area contributed by atoms with Crippen molar-refractivity contribution in [3.63, 3.8) is 0 Å². The summed E-state index contributed by atoms with van der Waals surface area (Å²) in [7, 11) is 0. The van der Waals surface area contributed by atoms with Crippen molar-refractivity contribution in [3.05, 3.63) is 89.6 Å². The minimum Gasteiger partial charge on any atom is -0.473 e. The van der Waals surface area contributed by atoms with Crippen LogP contribution in [0.5, 0.6) is 5.88 Å². The van der Waals surface area contributed by atoms with Crippen molar-refractivity contribution in [3.8, 4) is 5.88 Å². The fourth-order valence-corrected chi connectivity index (χ4v) is 2.66. The Bertz CT molecular complexity index is 993. The number of carbonyl (C=O) groups is 2. The van der Waals surface area contributed by atoms with Crippen LogP contribution >= 0.6 is 0 Å². The molecule has 0 saturated carbocycles. The number of carbonyl (C=O) groups excluding carboxylic acids is 2. The summed E-state index contributed by atoms with van der Waals surface area (Å²) < 4.78 is 5.65. The van der Waals surface area contributed by atoms with E-state index in [1.807, 2.05) is 51.1 Å². The number of rotatable bonds is 6. The van der Waals surface area contributed by atoms with Crippen molar-refractivity contribution in [1.29, 1.82) is 0 Å². The number of nitrogens with zero attached hydrogens (tertiary/aromatic N) is 1. The summed E-state index contributed by atoms with van der Waals surface area (Å²) in [5.74, 6) is 0.0216. The van der Waals surface area contributed by atoms with Crippen molar-refractivity contribution in [1.82, 2.24) is 10.3 Å². The molecule has 6 nitrogen and oxygen atoms in total. The van der Waals surface area contributed by atoms with Crippen LogP contribution in [0.4, 0.5) is 5.69 Å². The first kappa shape index (κ1) is 21.0. The van der Waals surface area contributed by atoms with Crippen LogP contribution < -0.4 is 15.4 Å². The fourth-order valence-electron chi connectivity index (χ4n) is 2.66. The van der Waals surface area contributed by atoms with E-state index in [0.29, 0.717) is 29.3 Å². The number of ether oxygens (including phenoxy) is 1. The van der Waals surface area contributed by atoms with Gasteiger partial charge in [-0.15, -0.1) is 0 Å². The van der Waals surface area contributed by atoms with Crippen LogP contribution in [-0.4, -0.2) is 22.3 Å². The average Bonchev–Trinajstić information content (AvgIpc) is 2.73. The Morgan fingerprint density at radius 2 is 1.50 bits per heavy atom. The monoisotopic (exact) mass is 403 g/mol. The van der Waals surface area contributed by atoms with Crippen LogP contribution in [0, 0.1) is 0 Å². The second-order valence-electron chi connectivity index (χ2n) is 7.89.